The molecule has 3 aromatic rings. The van der Waals surface area contributed by atoms with Crippen LogP contribution in [0.25, 0.3) is 0 Å². The monoisotopic (exact) mass is 526 g/mol. The zero-order valence-electron chi connectivity index (χ0n) is 17.0. The summed E-state index contributed by atoms with van der Waals surface area (Å²) in [5.41, 5.74) is 1.67. The predicted octanol–water partition coefficient (Wildman–Crippen LogP) is 4.69. The Labute approximate surface area is 202 Å². The van der Waals surface area contributed by atoms with Crippen LogP contribution in [0.4, 0.5) is 5.69 Å². The highest BCUT2D eigenvalue weighted by Gasteiger charge is 2.36. The van der Waals surface area contributed by atoms with Crippen molar-refractivity contribution in [2.24, 2.45) is 0 Å². The van der Waals surface area contributed by atoms with Crippen LogP contribution < -0.4 is 5.32 Å². The van der Waals surface area contributed by atoms with Crippen LogP contribution in [0, 0.1) is 0 Å². The summed E-state index contributed by atoms with van der Waals surface area (Å²) < 4.78 is 5.74. The predicted molar refractivity (Wildman–Crippen MR) is 125 cm³/mol. The molecule has 0 saturated heterocycles. The van der Waals surface area contributed by atoms with Gasteiger partial charge in [-0.2, -0.15) is 0 Å². The number of ether oxygens (including phenoxy) is 1. The van der Waals surface area contributed by atoms with Crippen molar-refractivity contribution in [1.82, 2.24) is 4.90 Å². The van der Waals surface area contributed by atoms with Gasteiger partial charge in [-0.15, -0.1) is 0 Å². The molecule has 0 atom stereocenters. The Balaban J connectivity index is 1.40. The summed E-state index contributed by atoms with van der Waals surface area (Å²) in [7, 11) is 0. The molecule has 7 nitrogen and oxygen atoms in total. The lowest BCUT2D eigenvalue weighted by Gasteiger charge is -2.13. The van der Waals surface area contributed by atoms with E-state index >= 15 is 0 Å². The minimum absolute atomic E-state index is 0.0657. The number of nitrogens with zero attached hydrogens (tertiary/aromatic N) is 1. The number of rotatable bonds is 6. The number of carbonyl (C=O) groups excluding carboxylic acids is 4. The molecular formula is C24H16BrClN2O5. The van der Waals surface area contributed by atoms with Crippen LogP contribution in [0.15, 0.2) is 71.2 Å². The lowest BCUT2D eigenvalue weighted by Crippen LogP contribution is -2.29. The maximum absolute atomic E-state index is 12.8. The Bertz CT molecular complexity index is 1280. The van der Waals surface area contributed by atoms with Gasteiger partial charge >= 0.3 is 5.97 Å². The third kappa shape index (κ3) is 4.97. The van der Waals surface area contributed by atoms with Gasteiger partial charge in [-0.05, 0) is 57.9 Å². The lowest BCUT2D eigenvalue weighted by molar-refractivity contribution is -0.119. The van der Waals surface area contributed by atoms with Gasteiger partial charge < -0.3 is 10.1 Å². The summed E-state index contributed by atoms with van der Waals surface area (Å²) >= 11 is 9.25. The molecule has 0 spiro atoms. The van der Waals surface area contributed by atoms with E-state index in [1.807, 2.05) is 30.3 Å². The number of anilines is 1. The molecule has 3 aromatic carbocycles. The maximum atomic E-state index is 12.8. The first-order valence-corrected chi connectivity index (χ1v) is 11.0. The standard InChI is InChI=1S/C24H16BrClN2O5/c25-19-9-7-16(11-20(19)26)27-21(29)13-33-24(32)15-6-8-17-18(10-15)23(31)28(22(17)30)12-14-4-2-1-3-5-14/h1-11H,12-13H2,(H,27,29). The number of esters is 1. The van der Waals surface area contributed by atoms with Crippen LogP contribution in [-0.2, 0) is 16.1 Å². The van der Waals surface area contributed by atoms with E-state index in [4.69, 9.17) is 16.3 Å². The van der Waals surface area contributed by atoms with Gasteiger partial charge in [-0.1, -0.05) is 41.9 Å². The van der Waals surface area contributed by atoms with Gasteiger partial charge in [0.25, 0.3) is 17.7 Å². The highest BCUT2D eigenvalue weighted by Crippen LogP contribution is 2.27. The van der Waals surface area contributed by atoms with Gasteiger partial charge in [0.15, 0.2) is 6.61 Å². The van der Waals surface area contributed by atoms with Crippen LogP contribution in [0.5, 0.6) is 0 Å². The third-order valence-electron chi connectivity index (χ3n) is 4.93. The van der Waals surface area contributed by atoms with E-state index in [-0.39, 0.29) is 23.2 Å². The average Bonchev–Trinajstić information content (AvgIpc) is 3.05. The van der Waals surface area contributed by atoms with Gasteiger partial charge in [0.05, 0.1) is 28.3 Å². The fourth-order valence-corrected chi connectivity index (χ4v) is 3.74. The molecule has 4 rings (SSSR count). The van der Waals surface area contributed by atoms with Crippen LogP contribution in [0.2, 0.25) is 5.02 Å². The molecule has 0 unspecified atom stereocenters. The number of imide groups is 1. The van der Waals surface area contributed by atoms with Crippen molar-refractivity contribution >= 4 is 56.9 Å². The molecule has 166 valence electrons. The van der Waals surface area contributed by atoms with Crippen LogP contribution in [0.1, 0.15) is 36.6 Å². The Morgan fingerprint density at radius 3 is 2.39 bits per heavy atom. The van der Waals surface area contributed by atoms with Gasteiger partial charge in [-0.25, -0.2) is 4.79 Å². The number of fused-ring (bicyclic) bond motifs is 1. The molecule has 0 aromatic heterocycles. The van der Waals surface area contributed by atoms with Gasteiger partial charge in [0, 0.05) is 10.2 Å². The molecular weight excluding hydrogens is 512 g/mol. The second kappa shape index (κ2) is 9.56. The van der Waals surface area contributed by atoms with Crippen molar-refractivity contribution in [3.63, 3.8) is 0 Å². The fraction of sp³-hybridized carbons (Fsp3) is 0.0833. The quantitative estimate of drug-likeness (QED) is 0.371. The van der Waals surface area contributed by atoms with Crippen LogP contribution in [-0.4, -0.2) is 35.2 Å². The van der Waals surface area contributed by atoms with Crippen molar-refractivity contribution in [2.45, 2.75) is 6.54 Å². The molecule has 3 amide bonds. The minimum atomic E-state index is -0.788. The molecule has 1 heterocycles. The molecule has 0 aliphatic carbocycles. The van der Waals surface area contributed by atoms with Crippen molar-refractivity contribution in [1.29, 1.82) is 0 Å². The van der Waals surface area contributed by atoms with Crippen molar-refractivity contribution in [2.75, 3.05) is 11.9 Å². The Hall–Kier alpha value is -3.49. The molecule has 0 radical (unpaired) electrons. The summed E-state index contributed by atoms with van der Waals surface area (Å²) in [5.74, 6) is -2.25. The highest BCUT2D eigenvalue weighted by molar-refractivity contribution is 9.10. The number of hydrogen-bond donors (Lipinski definition) is 1. The number of nitrogens with one attached hydrogen (secondary N) is 1. The third-order valence-corrected chi connectivity index (χ3v) is 6.16. The second-order valence-electron chi connectivity index (χ2n) is 7.20. The zero-order chi connectivity index (χ0) is 23.5. The van der Waals surface area contributed by atoms with Gasteiger partial charge in [-0.3, -0.25) is 19.3 Å². The van der Waals surface area contributed by atoms with E-state index in [0.29, 0.717) is 15.2 Å². The average molecular weight is 528 g/mol. The number of carbonyl (C=O) groups is 4. The molecule has 1 N–H and O–H groups in total. The van der Waals surface area contributed by atoms with Crippen LogP contribution >= 0.6 is 27.5 Å². The molecule has 0 fully saturated rings. The summed E-state index contributed by atoms with van der Waals surface area (Å²) in [6, 6.07) is 18.1. The smallest absolute Gasteiger partial charge is 0.338 e. The van der Waals surface area contributed by atoms with Gasteiger partial charge in [0.2, 0.25) is 0 Å². The molecule has 33 heavy (non-hydrogen) atoms. The van der Waals surface area contributed by atoms with E-state index in [1.54, 1.807) is 18.2 Å². The van der Waals surface area contributed by atoms with E-state index in [9.17, 15) is 19.2 Å². The second-order valence-corrected chi connectivity index (χ2v) is 8.46. The molecule has 0 bridgehead atoms. The van der Waals surface area contributed by atoms with E-state index in [0.717, 1.165) is 10.5 Å². The minimum Gasteiger partial charge on any atom is -0.452 e. The van der Waals surface area contributed by atoms with Gasteiger partial charge in [0.1, 0.15) is 0 Å². The Morgan fingerprint density at radius 2 is 1.67 bits per heavy atom. The normalized spacial score (nSPS) is 12.5. The summed E-state index contributed by atoms with van der Waals surface area (Å²) in [5, 5.41) is 2.99. The lowest BCUT2D eigenvalue weighted by atomic mass is 10.1. The summed E-state index contributed by atoms with van der Waals surface area (Å²) in [6.07, 6.45) is 0. The summed E-state index contributed by atoms with van der Waals surface area (Å²) in [4.78, 5) is 51.1. The number of amides is 3. The van der Waals surface area contributed by atoms with E-state index in [1.165, 1.54) is 18.2 Å². The Morgan fingerprint density at radius 1 is 0.939 bits per heavy atom. The van der Waals surface area contributed by atoms with E-state index < -0.39 is 30.3 Å². The molecule has 9 heteroatoms. The Kier molecular flexibility index (Phi) is 6.57. The van der Waals surface area contributed by atoms with Crippen molar-refractivity contribution in [3.05, 3.63) is 98.5 Å². The first-order valence-electron chi connectivity index (χ1n) is 9.79. The molecule has 1 aliphatic rings. The first kappa shape index (κ1) is 22.7. The highest BCUT2D eigenvalue weighted by atomic mass is 79.9. The zero-order valence-corrected chi connectivity index (χ0v) is 19.4. The molecule has 1 aliphatic heterocycles. The van der Waals surface area contributed by atoms with Crippen molar-refractivity contribution in [3.8, 4) is 0 Å². The summed E-state index contributed by atoms with van der Waals surface area (Å²) in [6.45, 7) is -0.399. The number of benzene rings is 3. The fourth-order valence-electron chi connectivity index (χ4n) is 3.31. The largest absolute Gasteiger partial charge is 0.452 e. The maximum Gasteiger partial charge on any atom is 0.338 e. The number of halogens is 2. The first-order chi connectivity index (χ1) is 15.8. The topological polar surface area (TPSA) is 92.8 Å². The van der Waals surface area contributed by atoms with Crippen LogP contribution in [0.3, 0.4) is 0 Å². The van der Waals surface area contributed by atoms with Crippen molar-refractivity contribution < 1.29 is 23.9 Å². The molecule has 0 saturated carbocycles. The van der Waals surface area contributed by atoms with E-state index in [2.05, 4.69) is 21.2 Å². The number of hydrogen-bond acceptors (Lipinski definition) is 5. The SMILES string of the molecule is O=C(COC(=O)c1ccc2c(c1)C(=O)N(Cc1ccccc1)C2=O)Nc1ccc(Br)c(Cl)c1.